The van der Waals surface area contributed by atoms with Gasteiger partial charge < -0.3 is 9.88 Å². The van der Waals surface area contributed by atoms with Crippen LogP contribution in [0, 0.1) is 12.7 Å². The van der Waals surface area contributed by atoms with E-state index in [2.05, 4.69) is 30.6 Å². The number of halogens is 4. The normalized spacial score (nSPS) is 14.8. The van der Waals surface area contributed by atoms with Crippen molar-refractivity contribution in [3.63, 3.8) is 0 Å². The standard InChI is InChI=1S/C25H21F4N9/c1-14-11-31-20(33-21-5-7-32-36(21)2)9-17(14)15-8-19-23-34-35-24(38(23)16(10-26)13-37(19)12-15)25(28,29)22-18(27)4-3-6-30-22/h3-9,11-12,16H,10,13H2,1-2H3,(H,31,33)/t16-/m0/s1. The van der Waals surface area contributed by atoms with Gasteiger partial charge in [0.1, 0.15) is 18.3 Å². The molecular formula is C25H21F4N9. The van der Waals surface area contributed by atoms with Gasteiger partial charge >= 0.3 is 5.92 Å². The largest absolute Gasteiger partial charge is 0.351 e. The van der Waals surface area contributed by atoms with Gasteiger partial charge in [-0.1, -0.05) is 0 Å². The smallest absolute Gasteiger partial charge is 0.342 e. The Kier molecular flexibility index (Phi) is 5.51. The van der Waals surface area contributed by atoms with E-state index in [1.807, 2.05) is 25.3 Å². The summed E-state index contributed by atoms with van der Waals surface area (Å²) in [7, 11) is 1.80. The fourth-order valence-electron chi connectivity index (χ4n) is 4.70. The molecule has 0 aliphatic carbocycles. The third kappa shape index (κ3) is 3.73. The van der Waals surface area contributed by atoms with Gasteiger partial charge in [0, 0.05) is 43.8 Å². The van der Waals surface area contributed by atoms with E-state index in [0.717, 1.165) is 39.3 Å². The minimum atomic E-state index is -3.92. The minimum absolute atomic E-state index is 0.0644. The van der Waals surface area contributed by atoms with Crippen LogP contribution in [0.5, 0.6) is 0 Å². The lowest BCUT2D eigenvalue weighted by atomic mass is 10.1. The van der Waals surface area contributed by atoms with Crippen LogP contribution in [0.25, 0.3) is 22.6 Å². The number of nitrogens with one attached hydrogen (secondary N) is 1. The molecule has 0 saturated carbocycles. The van der Waals surface area contributed by atoms with Crippen molar-refractivity contribution >= 4 is 11.6 Å². The van der Waals surface area contributed by atoms with Gasteiger partial charge in [0.15, 0.2) is 17.3 Å². The molecule has 0 amide bonds. The van der Waals surface area contributed by atoms with E-state index in [9.17, 15) is 8.78 Å². The van der Waals surface area contributed by atoms with Gasteiger partial charge in [-0.05, 0) is 42.3 Å². The molecule has 13 heteroatoms. The minimum Gasteiger partial charge on any atom is -0.342 e. The topological polar surface area (TPSA) is 91.3 Å². The Balaban J connectivity index is 1.42. The highest BCUT2D eigenvalue weighted by Gasteiger charge is 2.46. The molecule has 5 aromatic heterocycles. The monoisotopic (exact) mass is 523 g/mol. The summed E-state index contributed by atoms with van der Waals surface area (Å²) in [6.45, 7) is 1.02. The summed E-state index contributed by atoms with van der Waals surface area (Å²) in [5.74, 6) is -4.56. The van der Waals surface area contributed by atoms with E-state index in [-0.39, 0.29) is 12.4 Å². The van der Waals surface area contributed by atoms with Crippen LogP contribution in [0.2, 0.25) is 0 Å². The number of fused-ring (bicyclic) bond motifs is 3. The molecule has 6 rings (SSSR count). The van der Waals surface area contributed by atoms with E-state index >= 15 is 8.78 Å². The summed E-state index contributed by atoms with van der Waals surface area (Å²) >= 11 is 0. The molecule has 194 valence electrons. The highest BCUT2D eigenvalue weighted by atomic mass is 19.3. The Morgan fingerprint density at radius 3 is 2.71 bits per heavy atom. The van der Waals surface area contributed by atoms with E-state index in [0.29, 0.717) is 11.5 Å². The Hall–Kier alpha value is -4.55. The van der Waals surface area contributed by atoms with E-state index in [1.54, 1.807) is 34.8 Å². The lowest BCUT2D eigenvalue weighted by Gasteiger charge is -2.27. The lowest BCUT2D eigenvalue weighted by molar-refractivity contribution is 0.0173. The summed E-state index contributed by atoms with van der Waals surface area (Å²) in [4.78, 5) is 7.96. The Bertz CT molecular complexity index is 1650. The number of aromatic nitrogens is 8. The molecule has 1 aliphatic rings. The van der Waals surface area contributed by atoms with Gasteiger partial charge in [0.05, 0.1) is 17.9 Å². The number of pyridine rings is 2. The highest BCUT2D eigenvalue weighted by Crippen LogP contribution is 2.41. The van der Waals surface area contributed by atoms with Gasteiger partial charge in [-0.2, -0.15) is 13.9 Å². The molecule has 0 saturated heterocycles. The Morgan fingerprint density at radius 1 is 1.13 bits per heavy atom. The number of alkyl halides is 3. The number of anilines is 2. The molecule has 5 aromatic rings. The average Bonchev–Trinajstić information content (AvgIpc) is 3.63. The van der Waals surface area contributed by atoms with Crippen LogP contribution >= 0.6 is 0 Å². The number of aryl methyl sites for hydroxylation is 2. The third-order valence-electron chi connectivity index (χ3n) is 6.60. The van der Waals surface area contributed by atoms with Gasteiger partial charge in [-0.15, -0.1) is 10.2 Å². The molecule has 0 bridgehead atoms. The molecule has 0 radical (unpaired) electrons. The van der Waals surface area contributed by atoms with Crippen LogP contribution < -0.4 is 5.32 Å². The van der Waals surface area contributed by atoms with Gasteiger partial charge in [-0.3, -0.25) is 14.2 Å². The predicted molar refractivity (Wildman–Crippen MR) is 130 cm³/mol. The molecule has 6 heterocycles. The van der Waals surface area contributed by atoms with Crippen LogP contribution in [-0.2, 0) is 19.5 Å². The van der Waals surface area contributed by atoms with Gasteiger partial charge in [-0.25, -0.2) is 13.8 Å². The molecule has 0 fully saturated rings. The van der Waals surface area contributed by atoms with Crippen LogP contribution in [-0.4, -0.2) is 45.8 Å². The summed E-state index contributed by atoms with van der Waals surface area (Å²) in [6.07, 6.45) is 6.27. The maximum atomic E-state index is 15.4. The van der Waals surface area contributed by atoms with Crippen molar-refractivity contribution in [2.45, 2.75) is 25.4 Å². The zero-order valence-electron chi connectivity index (χ0n) is 20.3. The Labute approximate surface area is 213 Å². The fraction of sp³-hybridized carbons (Fsp3) is 0.240. The summed E-state index contributed by atoms with van der Waals surface area (Å²) in [6, 6.07) is 6.56. The number of hydrogen-bond donors (Lipinski definition) is 1. The molecule has 9 nitrogen and oxygen atoms in total. The number of hydrogen-bond acceptors (Lipinski definition) is 6. The molecule has 1 aliphatic heterocycles. The van der Waals surface area contributed by atoms with Crippen molar-refractivity contribution in [1.82, 2.24) is 39.1 Å². The first-order chi connectivity index (χ1) is 18.3. The first-order valence-electron chi connectivity index (χ1n) is 11.7. The van der Waals surface area contributed by atoms with Crippen molar-refractivity contribution in [2.24, 2.45) is 7.05 Å². The van der Waals surface area contributed by atoms with Crippen molar-refractivity contribution in [2.75, 3.05) is 12.0 Å². The number of nitrogens with zero attached hydrogens (tertiary/aromatic N) is 8. The van der Waals surface area contributed by atoms with Crippen molar-refractivity contribution in [3.8, 4) is 22.6 Å². The summed E-state index contributed by atoms with van der Waals surface area (Å²) in [5, 5.41) is 15.0. The maximum absolute atomic E-state index is 15.4. The predicted octanol–water partition coefficient (Wildman–Crippen LogP) is 4.79. The first-order valence-corrected chi connectivity index (χ1v) is 11.7. The quantitative estimate of drug-likeness (QED) is 0.322. The van der Waals surface area contributed by atoms with E-state index in [4.69, 9.17) is 0 Å². The maximum Gasteiger partial charge on any atom is 0.351 e. The molecular weight excluding hydrogens is 502 g/mol. The fourth-order valence-corrected chi connectivity index (χ4v) is 4.70. The van der Waals surface area contributed by atoms with Crippen LogP contribution in [0.1, 0.15) is 23.1 Å². The van der Waals surface area contributed by atoms with Crippen LogP contribution in [0.15, 0.2) is 55.1 Å². The zero-order valence-corrected chi connectivity index (χ0v) is 20.3. The molecule has 1 N–H and O–H groups in total. The van der Waals surface area contributed by atoms with Crippen molar-refractivity contribution in [1.29, 1.82) is 0 Å². The van der Waals surface area contributed by atoms with Crippen LogP contribution in [0.3, 0.4) is 0 Å². The second-order valence-corrected chi connectivity index (χ2v) is 9.05. The van der Waals surface area contributed by atoms with Gasteiger partial charge in [0.25, 0.3) is 0 Å². The summed E-state index contributed by atoms with van der Waals surface area (Å²) < 4.78 is 63.8. The zero-order chi connectivity index (χ0) is 26.6. The number of rotatable bonds is 6. The van der Waals surface area contributed by atoms with Gasteiger partial charge in [0.2, 0.25) is 5.82 Å². The highest BCUT2D eigenvalue weighted by molar-refractivity contribution is 5.75. The van der Waals surface area contributed by atoms with Crippen LogP contribution in [0.4, 0.5) is 29.2 Å². The van der Waals surface area contributed by atoms with E-state index < -0.39 is 36.0 Å². The molecule has 0 unspecified atom stereocenters. The second kappa shape index (κ2) is 8.78. The molecule has 0 aromatic carbocycles. The summed E-state index contributed by atoms with van der Waals surface area (Å²) in [5.41, 5.74) is 1.89. The molecule has 0 spiro atoms. The second-order valence-electron chi connectivity index (χ2n) is 9.05. The molecule has 1 atom stereocenters. The third-order valence-corrected chi connectivity index (χ3v) is 6.60. The van der Waals surface area contributed by atoms with E-state index in [1.165, 1.54) is 6.07 Å². The van der Waals surface area contributed by atoms with Crippen molar-refractivity contribution in [3.05, 3.63) is 78.0 Å². The lowest BCUT2D eigenvalue weighted by Crippen LogP contribution is -2.31. The average molecular weight is 523 g/mol. The SMILES string of the molecule is Cc1cnc(Nc2ccnn2C)cc1-c1cc2n(c1)C[C@H](CF)n1c-2nnc1C(F)(F)c1ncccc1F. The Morgan fingerprint density at radius 2 is 1.97 bits per heavy atom. The van der Waals surface area contributed by atoms with Crippen molar-refractivity contribution < 1.29 is 17.6 Å². The molecule has 38 heavy (non-hydrogen) atoms. The first kappa shape index (κ1) is 23.8.